The van der Waals surface area contributed by atoms with Gasteiger partial charge < -0.3 is 20.1 Å². The van der Waals surface area contributed by atoms with Crippen LogP contribution in [0.1, 0.15) is 50.1 Å². The van der Waals surface area contributed by atoms with Crippen molar-refractivity contribution in [2.24, 2.45) is 0 Å². The number of phenols is 1. The van der Waals surface area contributed by atoms with Crippen LogP contribution in [0.15, 0.2) is 30.5 Å². The number of nitrogens with one attached hydrogen (secondary N) is 1. The zero-order valence-corrected chi connectivity index (χ0v) is 21.3. The van der Waals surface area contributed by atoms with E-state index in [0.717, 1.165) is 58.2 Å². The zero-order valence-electron chi connectivity index (χ0n) is 20.5. The summed E-state index contributed by atoms with van der Waals surface area (Å²) in [5.41, 5.74) is 1.26. The number of nitrogens with zero attached hydrogens (tertiary/aromatic N) is 5. The lowest BCUT2D eigenvalue weighted by Crippen LogP contribution is -2.51. The minimum atomic E-state index is -0.639. The molecule has 4 aliphatic heterocycles. The first-order valence-electron chi connectivity index (χ1n) is 13.2. The van der Waals surface area contributed by atoms with Gasteiger partial charge in [-0.15, -0.1) is 0 Å². The van der Waals surface area contributed by atoms with Crippen LogP contribution in [0.2, 0.25) is 5.15 Å². The van der Waals surface area contributed by atoms with Crippen LogP contribution in [0.3, 0.4) is 0 Å². The predicted molar refractivity (Wildman–Crippen MR) is 139 cm³/mol. The van der Waals surface area contributed by atoms with Gasteiger partial charge in [0.05, 0.1) is 10.9 Å². The van der Waals surface area contributed by atoms with Gasteiger partial charge in [-0.2, -0.15) is 9.97 Å². The fourth-order valence-corrected chi connectivity index (χ4v) is 7.16. The van der Waals surface area contributed by atoms with E-state index in [1.54, 1.807) is 18.3 Å². The van der Waals surface area contributed by atoms with Crippen molar-refractivity contribution in [2.75, 3.05) is 31.1 Å². The number of halogens is 2. The maximum atomic E-state index is 15.1. The van der Waals surface area contributed by atoms with Gasteiger partial charge in [-0.3, -0.25) is 4.90 Å². The van der Waals surface area contributed by atoms with Crippen molar-refractivity contribution in [3.63, 3.8) is 0 Å². The van der Waals surface area contributed by atoms with Crippen molar-refractivity contribution in [1.82, 2.24) is 25.2 Å². The van der Waals surface area contributed by atoms with Crippen molar-refractivity contribution >= 4 is 28.3 Å². The van der Waals surface area contributed by atoms with Crippen LogP contribution in [-0.4, -0.2) is 68.8 Å². The minimum Gasteiger partial charge on any atom is -0.508 e. The van der Waals surface area contributed by atoms with E-state index in [2.05, 4.69) is 25.1 Å². The van der Waals surface area contributed by atoms with Gasteiger partial charge in [0.1, 0.15) is 23.7 Å². The second kappa shape index (κ2) is 8.92. The zero-order chi connectivity index (χ0) is 25.1. The molecule has 2 bridgehead atoms. The molecule has 2 aromatic heterocycles. The fraction of sp³-hybridized carbons (Fsp3) is 0.519. The molecule has 2 N–H and O–H groups in total. The molecule has 6 heterocycles. The Balaban J connectivity index is 1.19. The second-order valence-corrected chi connectivity index (χ2v) is 11.3. The Morgan fingerprint density at radius 3 is 2.68 bits per heavy atom. The normalized spacial score (nSPS) is 29.2. The molecule has 194 valence electrons. The Kier molecular flexibility index (Phi) is 5.64. The average molecular weight is 525 g/mol. The van der Waals surface area contributed by atoms with Gasteiger partial charge >= 0.3 is 6.01 Å². The molecule has 4 saturated heterocycles. The predicted octanol–water partition coefficient (Wildman–Crippen LogP) is 4.21. The lowest BCUT2D eigenvalue weighted by atomic mass is 9.95. The summed E-state index contributed by atoms with van der Waals surface area (Å²) in [5.74, 6) is 0.303. The third-order valence-corrected chi connectivity index (χ3v) is 9.04. The number of piperazine rings is 1. The standard InChI is InChI=1S/C27H30ClFN6O2/c28-24-22(29)23-20(12-30-24)25(34-13-17-4-5-18(14-34)31-17)33-26(32-23)37-15-27-9-1-11-35(27)21(8-10-27)16-2-6-19(36)7-3-16/h2-3,6-7,12,17-18,21,31,36H,1,4-5,8-11,13-15H2/t17-,18+,21-,27-/m1/s1. The Hall–Kier alpha value is -2.75. The molecular formula is C27H30ClFN6O2. The first-order chi connectivity index (χ1) is 18.0. The smallest absolute Gasteiger partial charge is 0.319 e. The van der Waals surface area contributed by atoms with Crippen molar-refractivity contribution in [2.45, 2.75) is 62.2 Å². The quantitative estimate of drug-likeness (QED) is 0.480. The molecule has 37 heavy (non-hydrogen) atoms. The number of aromatic nitrogens is 3. The molecule has 4 fully saturated rings. The molecule has 0 amide bonds. The van der Waals surface area contributed by atoms with Crippen LogP contribution < -0.4 is 15.0 Å². The van der Waals surface area contributed by atoms with Gasteiger partial charge in [0, 0.05) is 37.4 Å². The number of anilines is 1. The van der Waals surface area contributed by atoms with Crippen LogP contribution in [0.5, 0.6) is 11.8 Å². The number of hydrogen-bond donors (Lipinski definition) is 2. The number of benzene rings is 1. The Morgan fingerprint density at radius 1 is 1.11 bits per heavy atom. The van der Waals surface area contributed by atoms with Crippen molar-refractivity contribution in [3.05, 3.63) is 47.0 Å². The molecule has 0 radical (unpaired) electrons. The number of ether oxygens (including phenoxy) is 1. The topological polar surface area (TPSA) is 86.6 Å². The van der Waals surface area contributed by atoms with E-state index in [0.29, 0.717) is 35.9 Å². The number of hydrogen-bond acceptors (Lipinski definition) is 8. The number of rotatable bonds is 5. The molecule has 3 aromatic rings. The highest BCUT2D eigenvalue weighted by Gasteiger charge is 2.50. The molecule has 0 saturated carbocycles. The lowest BCUT2D eigenvalue weighted by molar-refractivity contribution is 0.0845. The summed E-state index contributed by atoms with van der Waals surface area (Å²) in [6.07, 6.45) is 8.00. The third-order valence-electron chi connectivity index (χ3n) is 8.77. The van der Waals surface area contributed by atoms with Gasteiger partial charge in [-0.1, -0.05) is 23.7 Å². The molecule has 0 spiro atoms. The Labute approximate surface area is 219 Å². The summed E-state index contributed by atoms with van der Waals surface area (Å²) in [6, 6.07) is 8.80. The molecule has 7 rings (SSSR count). The summed E-state index contributed by atoms with van der Waals surface area (Å²) < 4.78 is 21.4. The largest absolute Gasteiger partial charge is 0.508 e. The van der Waals surface area contributed by atoms with Crippen molar-refractivity contribution in [1.29, 1.82) is 0 Å². The van der Waals surface area contributed by atoms with Gasteiger partial charge in [-0.05, 0) is 62.8 Å². The van der Waals surface area contributed by atoms with Gasteiger partial charge in [-0.25, -0.2) is 9.37 Å². The Bertz CT molecular complexity index is 1330. The molecule has 1 aromatic carbocycles. The molecule has 8 nitrogen and oxygen atoms in total. The number of pyridine rings is 1. The van der Waals surface area contributed by atoms with Crippen molar-refractivity contribution in [3.8, 4) is 11.8 Å². The monoisotopic (exact) mass is 524 g/mol. The number of fused-ring (bicyclic) bond motifs is 4. The van der Waals surface area contributed by atoms with E-state index in [1.165, 1.54) is 5.56 Å². The highest BCUT2D eigenvalue weighted by molar-refractivity contribution is 6.30. The summed E-state index contributed by atoms with van der Waals surface area (Å²) >= 11 is 6.04. The molecule has 4 atom stereocenters. The molecule has 0 aliphatic carbocycles. The summed E-state index contributed by atoms with van der Waals surface area (Å²) in [5, 5.41) is 13.7. The molecule has 4 aliphatic rings. The van der Waals surface area contributed by atoms with E-state index in [-0.39, 0.29) is 28.0 Å². The lowest BCUT2D eigenvalue weighted by Gasteiger charge is -2.35. The maximum Gasteiger partial charge on any atom is 0.319 e. The van der Waals surface area contributed by atoms with E-state index >= 15 is 4.39 Å². The summed E-state index contributed by atoms with van der Waals surface area (Å²) in [6.45, 7) is 3.05. The van der Waals surface area contributed by atoms with Gasteiger partial charge in [0.15, 0.2) is 11.0 Å². The first kappa shape index (κ1) is 23.4. The highest BCUT2D eigenvalue weighted by atomic mass is 35.5. The van der Waals surface area contributed by atoms with E-state index < -0.39 is 5.82 Å². The highest BCUT2D eigenvalue weighted by Crippen LogP contribution is 2.49. The van der Waals surface area contributed by atoms with Gasteiger partial charge in [0.2, 0.25) is 0 Å². The van der Waals surface area contributed by atoms with Crippen molar-refractivity contribution < 1.29 is 14.2 Å². The van der Waals surface area contributed by atoms with E-state index in [4.69, 9.17) is 21.3 Å². The number of phenolic OH excluding ortho intramolecular Hbond substituents is 1. The molecular weight excluding hydrogens is 495 g/mol. The fourth-order valence-electron chi connectivity index (χ4n) is 7.02. The number of aromatic hydroxyl groups is 1. The van der Waals surface area contributed by atoms with Crippen LogP contribution in [-0.2, 0) is 0 Å². The SMILES string of the molecule is Oc1ccc([C@H]2CC[C@@]3(COc4nc(N5C[C@H]6CC[C@@H](C5)N6)c5cnc(Cl)c(F)c5n4)CCCN23)cc1. The Morgan fingerprint density at radius 2 is 1.89 bits per heavy atom. The molecule has 0 unspecified atom stereocenters. The average Bonchev–Trinajstić information content (AvgIpc) is 3.58. The summed E-state index contributed by atoms with van der Waals surface area (Å²) in [4.78, 5) is 18.1. The summed E-state index contributed by atoms with van der Waals surface area (Å²) in [7, 11) is 0. The minimum absolute atomic E-state index is 0.108. The second-order valence-electron chi connectivity index (χ2n) is 11.0. The third kappa shape index (κ3) is 3.99. The van der Waals surface area contributed by atoms with E-state index in [9.17, 15) is 5.11 Å². The van der Waals surface area contributed by atoms with Crippen LogP contribution in [0.25, 0.3) is 10.9 Å². The first-order valence-corrected chi connectivity index (χ1v) is 13.6. The van der Waals surface area contributed by atoms with Crippen LogP contribution >= 0.6 is 11.6 Å². The maximum absolute atomic E-state index is 15.1. The molecule has 10 heteroatoms. The van der Waals surface area contributed by atoms with Crippen LogP contribution in [0.4, 0.5) is 10.2 Å². The van der Waals surface area contributed by atoms with Crippen LogP contribution in [0, 0.1) is 5.82 Å². The van der Waals surface area contributed by atoms with E-state index in [1.807, 2.05) is 12.1 Å². The van der Waals surface area contributed by atoms with Gasteiger partial charge in [0.25, 0.3) is 0 Å².